The van der Waals surface area contributed by atoms with Crippen LogP contribution >= 0.6 is 0 Å². The van der Waals surface area contributed by atoms with Gasteiger partial charge in [0.1, 0.15) is 11.4 Å². The van der Waals surface area contributed by atoms with Crippen molar-refractivity contribution < 1.29 is 22.7 Å². The van der Waals surface area contributed by atoms with E-state index >= 15 is 0 Å². The Labute approximate surface area is 145 Å². The van der Waals surface area contributed by atoms with Crippen LogP contribution in [0, 0.1) is 11.8 Å². The number of amides is 1. The molecule has 2 aliphatic rings. The van der Waals surface area contributed by atoms with Gasteiger partial charge in [0.25, 0.3) is 0 Å². The highest BCUT2D eigenvalue weighted by molar-refractivity contribution is 7.90. The van der Waals surface area contributed by atoms with Crippen molar-refractivity contribution in [1.82, 2.24) is 4.31 Å². The molecule has 2 rings (SSSR count). The molecule has 2 aliphatic carbocycles. The maximum absolute atomic E-state index is 12.8. The molecule has 0 aliphatic heterocycles. The normalized spacial score (nSPS) is 27.8. The molecule has 2 saturated carbocycles. The topological polar surface area (TPSA) is 80.8 Å². The third-order valence-electron chi connectivity index (χ3n) is 4.74. The number of sulfonamides is 1. The number of ether oxygens (including phenoxy) is 1. The number of hydrogen-bond acceptors (Lipinski definition) is 5. The van der Waals surface area contributed by atoms with Gasteiger partial charge < -0.3 is 4.74 Å². The van der Waals surface area contributed by atoms with Gasteiger partial charge in [0.05, 0.1) is 11.3 Å². The highest BCUT2D eigenvalue weighted by Gasteiger charge is 2.50. The van der Waals surface area contributed by atoms with Crippen LogP contribution in [0.2, 0.25) is 0 Å². The molecular formula is C17H29NO5S. The Morgan fingerprint density at radius 1 is 1.17 bits per heavy atom. The van der Waals surface area contributed by atoms with E-state index in [2.05, 4.69) is 0 Å². The highest BCUT2D eigenvalue weighted by atomic mass is 32.2. The molecule has 1 amide bonds. The van der Waals surface area contributed by atoms with Crippen molar-refractivity contribution in [2.24, 2.45) is 11.8 Å². The van der Waals surface area contributed by atoms with Gasteiger partial charge in [0.2, 0.25) is 10.0 Å². The second-order valence-electron chi connectivity index (χ2n) is 8.05. The van der Waals surface area contributed by atoms with E-state index in [9.17, 15) is 18.0 Å². The summed E-state index contributed by atoms with van der Waals surface area (Å²) in [5.74, 6) is 0.0269. The van der Waals surface area contributed by atoms with Crippen LogP contribution in [0.3, 0.4) is 0 Å². The standard InChI is InChI=1S/C17H29NO5S/c1-6-15(19)14-10-12(9-11(14)2)18(16(20)23-17(3,4)5)24(21,22)13-7-8-13/h11-14H,6-10H2,1-5H3/t11-,12?,14+/m0/s1. The van der Waals surface area contributed by atoms with Crippen LogP contribution in [0.5, 0.6) is 0 Å². The second-order valence-corrected chi connectivity index (χ2v) is 10.1. The molecule has 7 heteroatoms. The van der Waals surface area contributed by atoms with Gasteiger partial charge in [-0.05, 0) is 52.4 Å². The lowest BCUT2D eigenvalue weighted by atomic mass is 9.92. The van der Waals surface area contributed by atoms with Gasteiger partial charge >= 0.3 is 6.09 Å². The first-order valence-electron chi connectivity index (χ1n) is 8.76. The average Bonchev–Trinajstić information content (AvgIpc) is 3.21. The summed E-state index contributed by atoms with van der Waals surface area (Å²) < 4.78 is 31.9. The smallest absolute Gasteiger partial charge is 0.424 e. The van der Waals surface area contributed by atoms with Crippen molar-refractivity contribution in [3.63, 3.8) is 0 Å². The van der Waals surface area contributed by atoms with Crippen LogP contribution in [0.4, 0.5) is 4.79 Å². The summed E-state index contributed by atoms with van der Waals surface area (Å²) in [6, 6.07) is -0.485. The van der Waals surface area contributed by atoms with Gasteiger partial charge in [0, 0.05) is 12.3 Å². The molecular weight excluding hydrogens is 330 g/mol. The van der Waals surface area contributed by atoms with Crippen LogP contribution in [-0.4, -0.2) is 41.5 Å². The molecule has 0 bridgehead atoms. The Morgan fingerprint density at radius 3 is 2.21 bits per heavy atom. The Morgan fingerprint density at radius 2 is 1.75 bits per heavy atom. The zero-order valence-electron chi connectivity index (χ0n) is 15.2. The van der Waals surface area contributed by atoms with Crippen molar-refractivity contribution >= 4 is 21.9 Å². The third-order valence-corrected chi connectivity index (χ3v) is 7.05. The summed E-state index contributed by atoms with van der Waals surface area (Å²) in [7, 11) is -3.71. The molecule has 0 aromatic heterocycles. The molecule has 0 spiro atoms. The number of rotatable bonds is 5. The molecule has 138 valence electrons. The summed E-state index contributed by atoms with van der Waals surface area (Å²) in [5.41, 5.74) is -0.767. The first-order chi connectivity index (χ1) is 11.0. The monoisotopic (exact) mass is 359 g/mol. The van der Waals surface area contributed by atoms with Gasteiger partial charge in [-0.1, -0.05) is 13.8 Å². The molecule has 1 unspecified atom stereocenters. The quantitative estimate of drug-likeness (QED) is 0.753. The average molecular weight is 359 g/mol. The fourth-order valence-corrected chi connectivity index (χ4v) is 5.30. The summed E-state index contributed by atoms with van der Waals surface area (Å²) in [5, 5.41) is -0.485. The molecule has 0 heterocycles. The van der Waals surface area contributed by atoms with Crippen molar-refractivity contribution in [2.45, 2.75) is 83.6 Å². The Bertz CT molecular complexity index is 603. The van der Waals surface area contributed by atoms with E-state index in [4.69, 9.17) is 4.74 Å². The zero-order chi connectivity index (χ0) is 18.3. The molecule has 3 atom stereocenters. The molecule has 6 nitrogen and oxygen atoms in total. The maximum Gasteiger partial charge on any atom is 0.424 e. The Hall–Kier alpha value is -1.11. The SMILES string of the molecule is CCC(=O)[C@@H]1CC(N(C(=O)OC(C)(C)C)S(=O)(=O)C2CC2)C[C@@H]1C. The maximum atomic E-state index is 12.8. The lowest BCUT2D eigenvalue weighted by Crippen LogP contribution is -2.47. The third kappa shape index (κ3) is 4.10. The summed E-state index contributed by atoms with van der Waals surface area (Å²) in [4.78, 5) is 24.7. The van der Waals surface area contributed by atoms with Crippen LogP contribution in [0.25, 0.3) is 0 Å². The molecule has 24 heavy (non-hydrogen) atoms. The minimum Gasteiger partial charge on any atom is -0.443 e. The van der Waals surface area contributed by atoms with Gasteiger partial charge in [-0.15, -0.1) is 0 Å². The lowest BCUT2D eigenvalue weighted by Gasteiger charge is -2.31. The highest BCUT2D eigenvalue weighted by Crippen LogP contribution is 2.40. The fourth-order valence-electron chi connectivity index (χ4n) is 3.41. The van der Waals surface area contributed by atoms with Crippen molar-refractivity contribution in [3.8, 4) is 0 Å². The minimum absolute atomic E-state index is 0.0711. The molecule has 2 fully saturated rings. The van der Waals surface area contributed by atoms with Crippen LogP contribution < -0.4 is 0 Å². The minimum atomic E-state index is -3.71. The predicted octanol–water partition coefficient (Wildman–Crippen LogP) is 3.11. The van der Waals surface area contributed by atoms with E-state index in [0.717, 1.165) is 4.31 Å². The number of Topliss-reactive ketones (excluding diaryl/α,β-unsaturated/α-hetero) is 1. The van der Waals surface area contributed by atoms with E-state index in [1.807, 2.05) is 13.8 Å². The molecule has 0 N–H and O–H groups in total. The van der Waals surface area contributed by atoms with E-state index in [-0.39, 0.29) is 17.6 Å². The van der Waals surface area contributed by atoms with Gasteiger partial charge in [0.15, 0.2) is 0 Å². The van der Waals surface area contributed by atoms with Crippen LogP contribution in [-0.2, 0) is 19.6 Å². The predicted molar refractivity (Wildman–Crippen MR) is 91.0 cm³/mol. The second kappa shape index (κ2) is 6.65. The Balaban J connectivity index is 2.27. The first kappa shape index (κ1) is 19.2. The van der Waals surface area contributed by atoms with Gasteiger partial charge in [-0.3, -0.25) is 4.79 Å². The van der Waals surface area contributed by atoms with E-state index in [1.165, 1.54) is 0 Å². The molecule has 0 radical (unpaired) electrons. The molecule has 0 aromatic rings. The number of ketones is 1. The molecule has 0 saturated heterocycles. The van der Waals surface area contributed by atoms with Gasteiger partial charge in [-0.25, -0.2) is 17.5 Å². The fraction of sp³-hybridized carbons (Fsp3) is 0.882. The Kier molecular flexibility index (Phi) is 5.33. The van der Waals surface area contributed by atoms with Crippen LogP contribution in [0.15, 0.2) is 0 Å². The summed E-state index contributed by atoms with van der Waals surface area (Å²) in [6.07, 6.45) is 1.71. The number of hydrogen-bond donors (Lipinski definition) is 0. The molecule has 0 aromatic carbocycles. The first-order valence-corrected chi connectivity index (χ1v) is 10.3. The number of carbonyl (C=O) groups is 2. The van der Waals surface area contributed by atoms with E-state index < -0.39 is 33.0 Å². The van der Waals surface area contributed by atoms with E-state index in [0.29, 0.717) is 32.1 Å². The summed E-state index contributed by atoms with van der Waals surface area (Å²) in [6.45, 7) is 8.92. The van der Waals surface area contributed by atoms with Crippen molar-refractivity contribution in [3.05, 3.63) is 0 Å². The van der Waals surface area contributed by atoms with Gasteiger partial charge in [-0.2, -0.15) is 0 Å². The largest absolute Gasteiger partial charge is 0.443 e. The summed E-state index contributed by atoms with van der Waals surface area (Å²) >= 11 is 0. The van der Waals surface area contributed by atoms with E-state index in [1.54, 1.807) is 20.8 Å². The number of carbonyl (C=O) groups excluding carboxylic acids is 2. The lowest BCUT2D eigenvalue weighted by molar-refractivity contribution is -0.123. The number of nitrogens with zero attached hydrogens (tertiary/aromatic N) is 1. The van der Waals surface area contributed by atoms with Crippen molar-refractivity contribution in [2.75, 3.05) is 0 Å². The van der Waals surface area contributed by atoms with Crippen LogP contribution in [0.1, 0.15) is 66.7 Å². The zero-order valence-corrected chi connectivity index (χ0v) is 16.1. The van der Waals surface area contributed by atoms with Crippen molar-refractivity contribution in [1.29, 1.82) is 0 Å².